The topological polar surface area (TPSA) is 155 Å². The summed E-state index contributed by atoms with van der Waals surface area (Å²) in [6.07, 6.45) is 0. The summed E-state index contributed by atoms with van der Waals surface area (Å²) in [5.41, 5.74) is -6.31. The molecular weight excluding hydrogens is 294 g/mol. The first kappa shape index (κ1) is 22.2. The van der Waals surface area contributed by atoms with Gasteiger partial charge in [0.1, 0.15) is 20.2 Å². The number of hydrogen-bond donors (Lipinski definition) is 2. The quantitative estimate of drug-likeness (QED) is 0.384. The summed E-state index contributed by atoms with van der Waals surface area (Å²) < 4.78 is 59.1. The van der Waals surface area contributed by atoms with E-state index in [1.165, 1.54) is 0 Å². The Hall–Kier alpha value is 3.01. The van der Waals surface area contributed by atoms with E-state index in [1.54, 1.807) is 0 Å². The third kappa shape index (κ3) is 8.15. The van der Waals surface area contributed by atoms with Crippen LogP contribution >= 0.6 is 0 Å². The Kier molecular flexibility index (Phi) is 13.0. The number of aliphatic hydroxyl groups is 2. The van der Waals surface area contributed by atoms with Crippen molar-refractivity contribution in [1.82, 2.24) is 0 Å². The van der Waals surface area contributed by atoms with Gasteiger partial charge in [0, 0.05) is 0 Å². The van der Waals surface area contributed by atoms with E-state index in [1.807, 2.05) is 0 Å². The molecule has 0 bridgehead atoms. The van der Waals surface area contributed by atoms with Crippen molar-refractivity contribution in [2.75, 3.05) is 0 Å². The molecule has 0 aromatic rings. The minimum atomic E-state index is -5.41. The summed E-state index contributed by atoms with van der Waals surface area (Å²) in [4.78, 5) is 0. The van der Waals surface area contributed by atoms with Crippen molar-refractivity contribution in [2.24, 2.45) is 0 Å². The van der Waals surface area contributed by atoms with Crippen molar-refractivity contribution in [2.45, 2.75) is 10.9 Å². The van der Waals surface area contributed by atoms with Gasteiger partial charge in [0.05, 0.1) is 0 Å². The maximum absolute atomic E-state index is 9.85. The normalized spacial score (nSPS) is 16.0. The van der Waals surface area contributed by atoms with E-state index in [4.69, 9.17) is 10.2 Å². The van der Waals surface area contributed by atoms with E-state index in [9.17, 15) is 25.9 Å². The maximum Gasteiger partial charge on any atom is 1.00 e. The van der Waals surface area contributed by atoms with Gasteiger partial charge in [0.25, 0.3) is 0 Å². The predicted molar refractivity (Wildman–Crippen MR) is 31.4 cm³/mol. The van der Waals surface area contributed by atoms with Crippen LogP contribution in [-0.2, 0) is 20.2 Å². The summed E-state index contributed by atoms with van der Waals surface area (Å²) in [7, 11) is -10.8. The summed E-state index contributed by atoms with van der Waals surface area (Å²) in [5.74, 6) is 0. The van der Waals surface area contributed by atoms with Crippen molar-refractivity contribution in [3.63, 3.8) is 0 Å². The molecular formula is C2H4K2O8S2. The SMILES string of the molecule is O=S(=O)([O-])C(O)C(O)S(=O)(=O)[O-].[K+].[K+]. The fourth-order valence-corrected chi connectivity index (χ4v) is 1.67. The van der Waals surface area contributed by atoms with E-state index < -0.39 is 31.1 Å². The van der Waals surface area contributed by atoms with E-state index >= 15 is 0 Å². The van der Waals surface area contributed by atoms with Gasteiger partial charge in [-0.15, -0.1) is 0 Å². The van der Waals surface area contributed by atoms with Crippen LogP contribution in [0.1, 0.15) is 0 Å². The molecule has 0 heterocycles. The van der Waals surface area contributed by atoms with Crippen LogP contribution in [0.4, 0.5) is 0 Å². The molecule has 0 spiro atoms. The molecule has 14 heavy (non-hydrogen) atoms. The molecule has 0 aliphatic rings. The van der Waals surface area contributed by atoms with Crippen molar-refractivity contribution >= 4 is 20.2 Å². The van der Waals surface area contributed by atoms with E-state index in [2.05, 4.69) is 0 Å². The number of rotatable bonds is 3. The van der Waals surface area contributed by atoms with Crippen LogP contribution in [0.2, 0.25) is 0 Å². The number of hydrogen-bond acceptors (Lipinski definition) is 8. The van der Waals surface area contributed by atoms with Gasteiger partial charge < -0.3 is 19.3 Å². The van der Waals surface area contributed by atoms with Gasteiger partial charge >= 0.3 is 103 Å². The molecule has 0 aromatic carbocycles. The van der Waals surface area contributed by atoms with Crippen LogP contribution in [0.15, 0.2) is 0 Å². The zero-order valence-corrected chi connectivity index (χ0v) is 15.2. The molecule has 8 nitrogen and oxygen atoms in total. The molecule has 0 saturated carbocycles. The van der Waals surface area contributed by atoms with Gasteiger partial charge in [0.15, 0.2) is 10.9 Å². The Morgan fingerprint density at radius 1 is 0.786 bits per heavy atom. The molecule has 74 valence electrons. The van der Waals surface area contributed by atoms with Gasteiger partial charge in [-0.1, -0.05) is 0 Å². The maximum atomic E-state index is 9.85. The Bertz CT molecular complexity index is 308. The molecule has 12 heteroatoms. The van der Waals surface area contributed by atoms with Crippen LogP contribution in [0, 0.1) is 0 Å². The fourth-order valence-electron chi connectivity index (χ4n) is 0.285. The molecule has 0 radical (unpaired) electrons. The third-order valence-electron chi connectivity index (χ3n) is 0.835. The zero-order chi connectivity index (χ0) is 10.2. The molecule has 2 N–H and O–H groups in total. The predicted octanol–water partition coefficient (Wildman–Crippen LogP) is -9.28. The Morgan fingerprint density at radius 2 is 0.929 bits per heavy atom. The van der Waals surface area contributed by atoms with Gasteiger partial charge in [-0.25, -0.2) is 16.8 Å². The van der Waals surface area contributed by atoms with Crippen LogP contribution in [0.3, 0.4) is 0 Å². The monoisotopic (exact) mass is 298 g/mol. The second-order valence-corrected chi connectivity index (χ2v) is 4.70. The van der Waals surface area contributed by atoms with Crippen LogP contribution in [-0.4, -0.2) is 47.0 Å². The largest absolute Gasteiger partial charge is 1.00 e. The average molecular weight is 298 g/mol. The summed E-state index contributed by atoms with van der Waals surface area (Å²) in [6, 6.07) is 0. The molecule has 2 atom stereocenters. The van der Waals surface area contributed by atoms with E-state index in [-0.39, 0.29) is 103 Å². The van der Waals surface area contributed by atoms with E-state index in [0.717, 1.165) is 0 Å². The first-order valence-corrected chi connectivity index (χ1v) is 5.26. The summed E-state index contributed by atoms with van der Waals surface area (Å²) in [5, 5.41) is 16.5. The summed E-state index contributed by atoms with van der Waals surface area (Å²) in [6.45, 7) is 0. The smallest absolute Gasteiger partial charge is 0.746 e. The fraction of sp³-hybridized carbons (Fsp3) is 1.00. The third-order valence-corrected chi connectivity index (χ3v) is 2.71. The molecule has 0 aromatic heterocycles. The Balaban J connectivity index is -0.000000605. The minimum Gasteiger partial charge on any atom is -0.746 e. The zero-order valence-electron chi connectivity index (χ0n) is 7.32. The van der Waals surface area contributed by atoms with Gasteiger partial charge in [-0.2, -0.15) is 0 Å². The molecule has 0 aliphatic carbocycles. The van der Waals surface area contributed by atoms with Crippen molar-refractivity contribution < 1.29 is 139 Å². The molecule has 0 rings (SSSR count). The molecule has 2 unspecified atom stereocenters. The second kappa shape index (κ2) is 8.17. The van der Waals surface area contributed by atoms with Crippen LogP contribution in [0.25, 0.3) is 0 Å². The average Bonchev–Trinajstić information content (AvgIpc) is 1.80. The number of aliphatic hydroxyl groups excluding tert-OH is 2. The van der Waals surface area contributed by atoms with Crippen LogP contribution in [0.5, 0.6) is 0 Å². The van der Waals surface area contributed by atoms with E-state index in [0.29, 0.717) is 0 Å². The minimum absolute atomic E-state index is 0. The van der Waals surface area contributed by atoms with Gasteiger partial charge in [-0.05, 0) is 0 Å². The van der Waals surface area contributed by atoms with Crippen LogP contribution < -0.4 is 103 Å². The first-order chi connectivity index (χ1) is 5.07. The molecule has 0 fully saturated rings. The Morgan fingerprint density at radius 3 is 1.00 bits per heavy atom. The van der Waals surface area contributed by atoms with Crippen molar-refractivity contribution in [1.29, 1.82) is 0 Å². The first-order valence-electron chi connectivity index (χ1n) is 2.32. The molecule has 0 saturated heterocycles. The molecule has 0 amide bonds. The van der Waals surface area contributed by atoms with Gasteiger partial charge in [0.2, 0.25) is 0 Å². The van der Waals surface area contributed by atoms with Crippen molar-refractivity contribution in [3.05, 3.63) is 0 Å². The Labute approximate surface area is 166 Å². The second-order valence-electron chi connectivity index (χ2n) is 1.77. The van der Waals surface area contributed by atoms with Gasteiger partial charge in [-0.3, -0.25) is 0 Å². The molecule has 0 aliphatic heterocycles. The summed E-state index contributed by atoms with van der Waals surface area (Å²) >= 11 is 0. The standard InChI is InChI=1S/C2H6O8S2.2K/c3-1(11(5,6)7)2(4)12(8,9)10;;/h1-4H,(H,5,6,7)(H,8,9,10);;/q;2*+1/p-2. The van der Waals surface area contributed by atoms with Crippen molar-refractivity contribution in [3.8, 4) is 0 Å².